The number of amides is 1. The van der Waals surface area contributed by atoms with Gasteiger partial charge >= 0.3 is 0 Å². The molecular weight excluding hydrogens is 296 g/mol. The monoisotopic (exact) mass is 314 g/mol. The second kappa shape index (κ2) is 6.75. The lowest BCUT2D eigenvalue weighted by molar-refractivity contribution is 0.0931. The number of hydrogen-bond donors (Lipinski definition) is 1. The molecular formula is C13H19BrN2O2. The first-order valence-electron chi connectivity index (χ1n) is 5.73. The number of hydrogen-bond acceptors (Lipinski definition) is 3. The minimum absolute atomic E-state index is 0.0841. The molecule has 0 aromatic heterocycles. The van der Waals surface area contributed by atoms with Crippen molar-refractivity contribution in [1.29, 1.82) is 0 Å². The molecule has 1 unspecified atom stereocenters. The number of benzene rings is 1. The van der Waals surface area contributed by atoms with Crippen molar-refractivity contribution in [2.24, 2.45) is 0 Å². The van der Waals surface area contributed by atoms with E-state index < -0.39 is 0 Å². The average Bonchev–Trinajstić information content (AvgIpc) is 2.27. The molecule has 100 valence electrons. The standard InChI is InChI=1S/C13H19BrN2O2/c1-9(8-16(2)3)15-13(17)11-6-5-10(14)7-12(11)18-4/h5-7,9H,8H2,1-4H3,(H,15,17). The molecule has 0 saturated carbocycles. The number of halogens is 1. The summed E-state index contributed by atoms with van der Waals surface area (Å²) in [5.74, 6) is 0.452. The molecule has 1 amide bonds. The van der Waals surface area contributed by atoms with Crippen LogP contribution in [0.5, 0.6) is 5.75 Å². The lowest BCUT2D eigenvalue weighted by Gasteiger charge is -2.19. The Labute approximate surface area is 116 Å². The molecule has 0 aliphatic rings. The summed E-state index contributed by atoms with van der Waals surface area (Å²) in [7, 11) is 5.51. The molecule has 0 saturated heterocycles. The zero-order chi connectivity index (χ0) is 13.7. The van der Waals surface area contributed by atoms with Crippen LogP contribution in [0.15, 0.2) is 22.7 Å². The van der Waals surface area contributed by atoms with Crippen LogP contribution in [0.4, 0.5) is 0 Å². The SMILES string of the molecule is COc1cc(Br)ccc1C(=O)NC(C)CN(C)C. The van der Waals surface area contributed by atoms with Gasteiger partial charge in [-0.25, -0.2) is 0 Å². The highest BCUT2D eigenvalue weighted by Gasteiger charge is 2.15. The Morgan fingerprint density at radius 2 is 2.17 bits per heavy atom. The predicted octanol–water partition coefficient (Wildman–Crippen LogP) is 2.14. The molecule has 0 fully saturated rings. The maximum atomic E-state index is 12.1. The molecule has 1 aromatic rings. The Morgan fingerprint density at radius 1 is 1.50 bits per heavy atom. The van der Waals surface area contributed by atoms with Gasteiger partial charge in [0.25, 0.3) is 5.91 Å². The summed E-state index contributed by atoms with van der Waals surface area (Å²) < 4.78 is 6.10. The Bertz CT molecular complexity index is 421. The Balaban J connectivity index is 2.78. The third kappa shape index (κ3) is 4.31. The summed E-state index contributed by atoms with van der Waals surface area (Å²) in [6.07, 6.45) is 0. The summed E-state index contributed by atoms with van der Waals surface area (Å²) in [5, 5.41) is 2.95. The summed E-state index contributed by atoms with van der Waals surface area (Å²) in [5.41, 5.74) is 0.548. The molecule has 1 N–H and O–H groups in total. The van der Waals surface area contributed by atoms with Crippen molar-refractivity contribution < 1.29 is 9.53 Å². The van der Waals surface area contributed by atoms with Gasteiger partial charge in [0, 0.05) is 17.1 Å². The number of methoxy groups -OCH3 is 1. The van der Waals surface area contributed by atoms with Crippen LogP contribution < -0.4 is 10.1 Å². The molecule has 0 aliphatic heterocycles. The smallest absolute Gasteiger partial charge is 0.255 e. The second-order valence-electron chi connectivity index (χ2n) is 4.48. The molecule has 0 spiro atoms. The van der Waals surface area contributed by atoms with Gasteiger partial charge in [-0.05, 0) is 39.2 Å². The second-order valence-corrected chi connectivity index (χ2v) is 5.40. The lowest BCUT2D eigenvalue weighted by Crippen LogP contribution is -2.39. The van der Waals surface area contributed by atoms with E-state index in [4.69, 9.17) is 4.74 Å². The number of likely N-dealkylation sites (N-methyl/N-ethyl adjacent to an activating group) is 1. The highest BCUT2D eigenvalue weighted by Crippen LogP contribution is 2.23. The van der Waals surface area contributed by atoms with E-state index in [0.717, 1.165) is 11.0 Å². The Kier molecular flexibility index (Phi) is 5.62. The van der Waals surface area contributed by atoms with E-state index in [1.165, 1.54) is 0 Å². The van der Waals surface area contributed by atoms with Crippen molar-refractivity contribution in [1.82, 2.24) is 10.2 Å². The van der Waals surface area contributed by atoms with E-state index in [1.54, 1.807) is 19.2 Å². The fourth-order valence-electron chi connectivity index (χ4n) is 1.75. The third-order valence-corrected chi connectivity index (χ3v) is 2.92. The third-order valence-electron chi connectivity index (χ3n) is 2.42. The van der Waals surface area contributed by atoms with E-state index in [-0.39, 0.29) is 11.9 Å². The molecule has 18 heavy (non-hydrogen) atoms. The quantitative estimate of drug-likeness (QED) is 0.905. The van der Waals surface area contributed by atoms with E-state index in [0.29, 0.717) is 11.3 Å². The van der Waals surface area contributed by atoms with E-state index in [2.05, 4.69) is 21.2 Å². The van der Waals surface area contributed by atoms with Crippen LogP contribution in [0.1, 0.15) is 17.3 Å². The van der Waals surface area contributed by atoms with Gasteiger partial charge < -0.3 is 15.0 Å². The Morgan fingerprint density at radius 3 is 2.72 bits per heavy atom. The largest absolute Gasteiger partial charge is 0.496 e. The summed E-state index contributed by atoms with van der Waals surface area (Å²) in [6, 6.07) is 5.45. The fraction of sp³-hybridized carbons (Fsp3) is 0.462. The van der Waals surface area contributed by atoms with Crippen LogP contribution in [0, 0.1) is 0 Å². The number of ether oxygens (including phenoxy) is 1. The van der Waals surface area contributed by atoms with Gasteiger partial charge in [-0.1, -0.05) is 15.9 Å². The summed E-state index contributed by atoms with van der Waals surface area (Å²) in [4.78, 5) is 14.1. The van der Waals surface area contributed by atoms with Crippen molar-refractivity contribution in [2.75, 3.05) is 27.7 Å². The molecule has 5 heteroatoms. The van der Waals surface area contributed by atoms with Crippen LogP contribution in [-0.2, 0) is 0 Å². The lowest BCUT2D eigenvalue weighted by atomic mass is 10.1. The maximum absolute atomic E-state index is 12.1. The molecule has 0 bridgehead atoms. The number of carbonyl (C=O) groups excluding carboxylic acids is 1. The first-order chi connectivity index (χ1) is 8.43. The molecule has 1 rings (SSSR count). The van der Waals surface area contributed by atoms with Crippen LogP contribution in [0.3, 0.4) is 0 Å². The highest BCUT2D eigenvalue weighted by atomic mass is 79.9. The highest BCUT2D eigenvalue weighted by molar-refractivity contribution is 9.10. The predicted molar refractivity (Wildman–Crippen MR) is 76.2 cm³/mol. The van der Waals surface area contributed by atoms with Gasteiger partial charge in [0.15, 0.2) is 0 Å². The number of nitrogens with one attached hydrogen (secondary N) is 1. The fourth-order valence-corrected chi connectivity index (χ4v) is 2.09. The molecule has 0 radical (unpaired) electrons. The minimum Gasteiger partial charge on any atom is -0.496 e. The van der Waals surface area contributed by atoms with Gasteiger partial charge in [0.2, 0.25) is 0 Å². The van der Waals surface area contributed by atoms with E-state index in [1.807, 2.05) is 32.0 Å². The van der Waals surface area contributed by atoms with Crippen molar-refractivity contribution >= 4 is 21.8 Å². The average molecular weight is 315 g/mol. The maximum Gasteiger partial charge on any atom is 0.255 e. The van der Waals surface area contributed by atoms with Crippen LogP contribution in [0.2, 0.25) is 0 Å². The zero-order valence-corrected chi connectivity index (χ0v) is 12.7. The number of rotatable bonds is 5. The van der Waals surface area contributed by atoms with Gasteiger partial charge in [0.1, 0.15) is 5.75 Å². The number of nitrogens with zero attached hydrogens (tertiary/aromatic N) is 1. The van der Waals surface area contributed by atoms with E-state index in [9.17, 15) is 4.79 Å². The first-order valence-corrected chi connectivity index (χ1v) is 6.52. The van der Waals surface area contributed by atoms with Crippen molar-refractivity contribution in [3.63, 3.8) is 0 Å². The minimum atomic E-state index is -0.117. The molecule has 1 atom stereocenters. The summed E-state index contributed by atoms with van der Waals surface area (Å²) >= 11 is 3.35. The van der Waals surface area contributed by atoms with Crippen molar-refractivity contribution in [2.45, 2.75) is 13.0 Å². The summed E-state index contributed by atoms with van der Waals surface area (Å²) in [6.45, 7) is 2.77. The Hall–Kier alpha value is -1.07. The van der Waals surface area contributed by atoms with Crippen LogP contribution in [0.25, 0.3) is 0 Å². The van der Waals surface area contributed by atoms with Crippen molar-refractivity contribution in [3.05, 3.63) is 28.2 Å². The van der Waals surface area contributed by atoms with Crippen LogP contribution >= 0.6 is 15.9 Å². The normalized spacial score (nSPS) is 12.3. The topological polar surface area (TPSA) is 41.6 Å². The van der Waals surface area contributed by atoms with Gasteiger partial charge in [0.05, 0.1) is 12.7 Å². The van der Waals surface area contributed by atoms with Crippen LogP contribution in [-0.4, -0.2) is 44.6 Å². The zero-order valence-electron chi connectivity index (χ0n) is 11.2. The first kappa shape index (κ1) is 15.0. The molecule has 4 nitrogen and oxygen atoms in total. The molecule has 1 aromatic carbocycles. The molecule has 0 aliphatic carbocycles. The van der Waals surface area contributed by atoms with Gasteiger partial charge in [-0.15, -0.1) is 0 Å². The van der Waals surface area contributed by atoms with Crippen molar-refractivity contribution in [3.8, 4) is 5.75 Å². The van der Waals surface area contributed by atoms with E-state index >= 15 is 0 Å². The van der Waals surface area contributed by atoms with Gasteiger partial charge in [-0.3, -0.25) is 4.79 Å². The molecule has 0 heterocycles. The number of carbonyl (C=O) groups is 1. The van der Waals surface area contributed by atoms with Gasteiger partial charge in [-0.2, -0.15) is 0 Å².